The molecule has 0 amide bonds. The van der Waals surface area contributed by atoms with Crippen LogP contribution in [0.4, 0.5) is 11.8 Å². The molecule has 0 aromatic carbocycles. The second-order valence-corrected chi connectivity index (χ2v) is 8.28. The molecule has 3 heterocycles. The Kier molecular flexibility index (Phi) is 6.82. The second kappa shape index (κ2) is 9.51. The number of pyridine rings is 1. The lowest BCUT2D eigenvalue weighted by Crippen LogP contribution is -2.18. The van der Waals surface area contributed by atoms with E-state index in [1.54, 1.807) is 30.2 Å². The van der Waals surface area contributed by atoms with Crippen LogP contribution in [0.2, 0.25) is 0 Å². The van der Waals surface area contributed by atoms with Crippen LogP contribution in [0.15, 0.2) is 50.7 Å². The van der Waals surface area contributed by atoms with Crippen LogP contribution in [0.5, 0.6) is 0 Å². The number of nitrogens with zero attached hydrogens (tertiary/aromatic N) is 2. The molecule has 3 N–H and O–H groups in total. The zero-order chi connectivity index (χ0) is 20.8. The van der Waals surface area contributed by atoms with Gasteiger partial charge in [0, 0.05) is 62.9 Å². The molecule has 0 fully saturated rings. The van der Waals surface area contributed by atoms with Crippen molar-refractivity contribution in [2.45, 2.75) is 18.6 Å². The number of hydrogen-bond donors (Lipinski definition) is 3. The highest BCUT2D eigenvalue weighted by atomic mass is 32.2. The number of anilines is 2. The lowest BCUT2D eigenvalue weighted by molar-refractivity contribution is 0.513. The number of thioether (sulfide) groups is 1. The van der Waals surface area contributed by atoms with Crippen LogP contribution in [0.25, 0.3) is 0 Å². The summed E-state index contributed by atoms with van der Waals surface area (Å²) < 4.78 is 5.81. The standard InChI is InChI=1S/C20H25N5O3S/c1-13(16-4-5-18(28-16)25(2)3)29-9-8-22-20-23-12-15(19(27)24-20)10-14-6-7-21-17(26)11-14/h4-7,11-13H,8-10H2,1-3H3,(H,21,26)(H2,22,23,24,27). The van der Waals surface area contributed by atoms with Gasteiger partial charge >= 0.3 is 0 Å². The van der Waals surface area contributed by atoms with E-state index in [9.17, 15) is 9.59 Å². The second-order valence-electron chi connectivity index (χ2n) is 6.83. The summed E-state index contributed by atoms with van der Waals surface area (Å²) in [5.41, 5.74) is 0.876. The topological polar surface area (TPSA) is 107 Å². The monoisotopic (exact) mass is 415 g/mol. The van der Waals surface area contributed by atoms with Crippen molar-refractivity contribution in [1.29, 1.82) is 0 Å². The highest BCUT2D eigenvalue weighted by Crippen LogP contribution is 2.31. The van der Waals surface area contributed by atoms with Crippen LogP contribution in [-0.2, 0) is 6.42 Å². The van der Waals surface area contributed by atoms with Crippen LogP contribution in [-0.4, -0.2) is 41.3 Å². The molecule has 0 aliphatic carbocycles. The van der Waals surface area contributed by atoms with Crippen molar-refractivity contribution < 1.29 is 4.42 Å². The smallest absolute Gasteiger partial charge is 0.255 e. The lowest BCUT2D eigenvalue weighted by atomic mass is 10.1. The first-order valence-corrected chi connectivity index (χ1v) is 10.4. The van der Waals surface area contributed by atoms with Gasteiger partial charge in [-0.3, -0.25) is 14.6 Å². The number of aromatic nitrogens is 3. The molecule has 3 aromatic heterocycles. The molecule has 154 valence electrons. The highest BCUT2D eigenvalue weighted by molar-refractivity contribution is 7.99. The summed E-state index contributed by atoms with van der Waals surface area (Å²) in [5.74, 6) is 3.05. The SMILES string of the molecule is CC(SCCNc1ncc(Cc2cc[nH]c(=O)c2)c(=O)[nH]1)c1ccc(N(C)C)o1. The van der Waals surface area contributed by atoms with Crippen molar-refractivity contribution >= 4 is 23.6 Å². The molecule has 0 saturated heterocycles. The Morgan fingerprint density at radius 3 is 2.79 bits per heavy atom. The molecular formula is C20H25N5O3S. The highest BCUT2D eigenvalue weighted by Gasteiger charge is 2.12. The summed E-state index contributed by atoms with van der Waals surface area (Å²) in [5, 5.41) is 3.37. The van der Waals surface area contributed by atoms with Crippen molar-refractivity contribution in [2.24, 2.45) is 0 Å². The first-order chi connectivity index (χ1) is 13.9. The van der Waals surface area contributed by atoms with Crippen LogP contribution in [0.1, 0.15) is 29.1 Å². The van der Waals surface area contributed by atoms with Gasteiger partial charge in [0.2, 0.25) is 11.5 Å². The number of hydrogen-bond acceptors (Lipinski definition) is 7. The van der Waals surface area contributed by atoms with Crippen LogP contribution < -0.4 is 21.3 Å². The van der Waals surface area contributed by atoms with Gasteiger partial charge in [0.1, 0.15) is 5.76 Å². The Labute approximate surface area is 172 Å². The van der Waals surface area contributed by atoms with E-state index in [1.165, 1.54) is 6.07 Å². The fourth-order valence-corrected chi connectivity index (χ4v) is 3.61. The van der Waals surface area contributed by atoms with Gasteiger partial charge in [-0.1, -0.05) is 0 Å². The molecule has 8 nitrogen and oxygen atoms in total. The van der Waals surface area contributed by atoms with Gasteiger partial charge in [-0.25, -0.2) is 4.98 Å². The largest absolute Gasteiger partial charge is 0.444 e. The minimum absolute atomic E-state index is 0.190. The summed E-state index contributed by atoms with van der Waals surface area (Å²) in [6.45, 7) is 2.76. The molecule has 0 spiro atoms. The Hall–Kier alpha value is -2.94. The van der Waals surface area contributed by atoms with Crippen molar-refractivity contribution in [3.05, 3.63) is 74.3 Å². The minimum atomic E-state index is -0.212. The first kappa shape index (κ1) is 20.8. The van der Waals surface area contributed by atoms with Crippen molar-refractivity contribution in [2.75, 3.05) is 36.6 Å². The van der Waals surface area contributed by atoms with E-state index >= 15 is 0 Å². The Balaban J connectivity index is 1.49. The van der Waals surface area contributed by atoms with E-state index < -0.39 is 0 Å². The van der Waals surface area contributed by atoms with Gasteiger partial charge in [0.25, 0.3) is 5.56 Å². The van der Waals surface area contributed by atoms with Gasteiger partial charge in [-0.15, -0.1) is 11.8 Å². The van der Waals surface area contributed by atoms with Gasteiger partial charge in [-0.05, 0) is 24.6 Å². The molecule has 0 aliphatic heterocycles. The minimum Gasteiger partial charge on any atom is -0.444 e. The molecule has 0 saturated carbocycles. The zero-order valence-corrected chi connectivity index (χ0v) is 17.5. The van der Waals surface area contributed by atoms with E-state index in [4.69, 9.17) is 4.42 Å². The van der Waals surface area contributed by atoms with Gasteiger partial charge in [0.05, 0.1) is 5.25 Å². The average Bonchev–Trinajstić information content (AvgIpc) is 3.18. The summed E-state index contributed by atoms with van der Waals surface area (Å²) in [6, 6.07) is 7.21. The van der Waals surface area contributed by atoms with Gasteiger partial charge in [-0.2, -0.15) is 0 Å². The Bertz CT molecular complexity index is 1060. The first-order valence-electron chi connectivity index (χ1n) is 9.30. The number of H-pyrrole nitrogens is 2. The van der Waals surface area contributed by atoms with E-state index in [1.807, 2.05) is 31.1 Å². The summed E-state index contributed by atoms with van der Waals surface area (Å²) in [7, 11) is 3.89. The van der Waals surface area contributed by atoms with Crippen molar-refractivity contribution in [3.8, 4) is 0 Å². The average molecular weight is 416 g/mol. The predicted octanol–water partition coefficient (Wildman–Crippen LogP) is 2.61. The third-order valence-electron chi connectivity index (χ3n) is 4.32. The summed E-state index contributed by atoms with van der Waals surface area (Å²) in [4.78, 5) is 35.1. The molecule has 9 heteroatoms. The van der Waals surface area contributed by atoms with E-state index in [-0.39, 0.29) is 16.4 Å². The molecular weight excluding hydrogens is 390 g/mol. The number of rotatable bonds is 9. The van der Waals surface area contributed by atoms with Crippen LogP contribution >= 0.6 is 11.8 Å². The van der Waals surface area contributed by atoms with Crippen molar-refractivity contribution in [3.63, 3.8) is 0 Å². The van der Waals surface area contributed by atoms with Crippen molar-refractivity contribution in [1.82, 2.24) is 15.0 Å². The maximum atomic E-state index is 12.3. The number of aromatic amines is 2. The Morgan fingerprint density at radius 2 is 2.10 bits per heavy atom. The molecule has 0 radical (unpaired) electrons. The molecule has 1 atom stereocenters. The molecule has 0 aliphatic rings. The fraction of sp³-hybridized carbons (Fsp3) is 0.350. The predicted molar refractivity (Wildman–Crippen MR) is 117 cm³/mol. The maximum Gasteiger partial charge on any atom is 0.255 e. The zero-order valence-electron chi connectivity index (χ0n) is 16.7. The molecule has 29 heavy (non-hydrogen) atoms. The van der Waals surface area contributed by atoms with Crippen LogP contribution in [0.3, 0.4) is 0 Å². The summed E-state index contributed by atoms with van der Waals surface area (Å²) >= 11 is 1.76. The lowest BCUT2D eigenvalue weighted by Gasteiger charge is -2.11. The number of nitrogens with one attached hydrogen (secondary N) is 3. The third kappa shape index (κ3) is 5.77. The Morgan fingerprint density at radius 1 is 1.28 bits per heavy atom. The molecule has 3 rings (SSSR count). The third-order valence-corrected chi connectivity index (χ3v) is 5.50. The van der Waals surface area contributed by atoms with E-state index in [0.29, 0.717) is 24.5 Å². The molecule has 3 aromatic rings. The normalized spacial score (nSPS) is 12.0. The summed E-state index contributed by atoms with van der Waals surface area (Å²) in [6.07, 6.45) is 3.47. The van der Waals surface area contributed by atoms with Gasteiger partial charge in [0.15, 0.2) is 5.88 Å². The number of furan rings is 1. The van der Waals surface area contributed by atoms with Gasteiger partial charge < -0.3 is 19.6 Å². The van der Waals surface area contributed by atoms with Crippen LogP contribution in [0, 0.1) is 0 Å². The quantitative estimate of drug-likeness (QED) is 0.461. The fourth-order valence-electron chi connectivity index (χ4n) is 2.74. The molecule has 0 bridgehead atoms. The maximum absolute atomic E-state index is 12.3. The molecule has 1 unspecified atom stereocenters. The van der Waals surface area contributed by atoms with E-state index in [0.717, 1.165) is 23.0 Å². The van der Waals surface area contributed by atoms with E-state index in [2.05, 4.69) is 27.2 Å².